The van der Waals surface area contributed by atoms with Crippen LogP contribution in [0.1, 0.15) is 33.5 Å². The van der Waals surface area contributed by atoms with Crippen LogP contribution in [-0.4, -0.2) is 46.4 Å². The Bertz CT molecular complexity index is 953. The standard InChI is InChI=1S/C21H29N3O3S/c1-15-7-8-16(2)19(13-15)23-28(26,27)20-14-18(10-9-17(20)3)21(25)22-11-6-12-24(4)5/h7-10,13-14,23H,6,11-12H2,1-5H3,(H,22,25). The minimum Gasteiger partial charge on any atom is -0.352 e. The lowest BCUT2D eigenvalue weighted by molar-refractivity contribution is 0.0952. The molecule has 2 aromatic rings. The second-order valence-electron chi connectivity index (χ2n) is 7.32. The number of hydrogen-bond donors (Lipinski definition) is 2. The lowest BCUT2D eigenvalue weighted by atomic mass is 10.1. The van der Waals surface area contributed by atoms with Gasteiger partial charge in [-0.25, -0.2) is 8.42 Å². The molecule has 0 spiro atoms. The Kier molecular flexibility index (Phi) is 7.21. The lowest BCUT2D eigenvalue weighted by Gasteiger charge is -2.14. The molecule has 152 valence electrons. The van der Waals surface area contributed by atoms with Crippen LogP contribution in [-0.2, 0) is 10.0 Å². The smallest absolute Gasteiger partial charge is 0.262 e. The van der Waals surface area contributed by atoms with Gasteiger partial charge >= 0.3 is 0 Å². The molecule has 7 heteroatoms. The summed E-state index contributed by atoms with van der Waals surface area (Å²) in [5, 5.41) is 2.84. The number of carbonyl (C=O) groups excluding carboxylic acids is 1. The van der Waals surface area contributed by atoms with Crippen molar-refractivity contribution >= 4 is 21.6 Å². The van der Waals surface area contributed by atoms with Gasteiger partial charge in [0, 0.05) is 12.1 Å². The van der Waals surface area contributed by atoms with Crippen LogP contribution < -0.4 is 10.0 Å². The van der Waals surface area contributed by atoms with Gasteiger partial charge in [-0.2, -0.15) is 0 Å². The van der Waals surface area contributed by atoms with Crippen molar-refractivity contribution in [3.63, 3.8) is 0 Å². The monoisotopic (exact) mass is 403 g/mol. The van der Waals surface area contributed by atoms with E-state index < -0.39 is 10.0 Å². The van der Waals surface area contributed by atoms with Crippen LogP contribution in [0.3, 0.4) is 0 Å². The summed E-state index contributed by atoms with van der Waals surface area (Å²) in [5.41, 5.74) is 3.25. The molecule has 2 N–H and O–H groups in total. The number of nitrogens with zero attached hydrogens (tertiary/aromatic N) is 1. The first-order valence-electron chi connectivity index (χ1n) is 9.24. The summed E-state index contributed by atoms with van der Waals surface area (Å²) in [6.45, 7) is 6.88. The Hall–Kier alpha value is -2.38. The maximum Gasteiger partial charge on any atom is 0.262 e. The Morgan fingerprint density at radius 2 is 1.68 bits per heavy atom. The van der Waals surface area contributed by atoms with E-state index in [0.717, 1.165) is 24.1 Å². The Morgan fingerprint density at radius 3 is 2.36 bits per heavy atom. The number of anilines is 1. The molecule has 2 rings (SSSR count). The van der Waals surface area contributed by atoms with E-state index in [9.17, 15) is 13.2 Å². The fraction of sp³-hybridized carbons (Fsp3) is 0.381. The Balaban J connectivity index is 2.21. The van der Waals surface area contributed by atoms with Gasteiger partial charge in [-0.15, -0.1) is 0 Å². The third-order valence-electron chi connectivity index (χ3n) is 4.44. The quantitative estimate of drug-likeness (QED) is 0.664. The third-order valence-corrected chi connectivity index (χ3v) is 5.95. The van der Waals surface area contributed by atoms with Crippen LogP contribution in [0, 0.1) is 20.8 Å². The minimum atomic E-state index is -3.81. The number of amides is 1. The zero-order chi connectivity index (χ0) is 20.9. The summed E-state index contributed by atoms with van der Waals surface area (Å²) < 4.78 is 28.5. The van der Waals surface area contributed by atoms with Crippen molar-refractivity contribution in [1.29, 1.82) is 0 Å². The van der Waals surface area contributed by atoms with Crippen LogP contribution >= 0.6 is 0 Å². The largest absolute Gasteiger partial charge is 0.352 e. The molecular formula is C21H29N3O3S. The van der Waals surface area contributed by atoms with Crippen molar-refractivity contribution in [3.8, 4) is 0 Å². The molecule has 0 unspecified atom stereocenters. The highest BCUT2D eigenvalue weighted by Gasteiger charge is 2.20. The molecule has 0 atom stereocenters. The van der Waals surface area contributed by atoms with E-state index in [-0.39, 0.29) is 10.8 Å². The SMILES string of the molecule is Cc1ccc(C)c(NS(=O)(=O)c2cc(C(=O)NCCCN(C)C)ccc2C)c1. The van der Waals surface area contributed by atoms with Gasteiger partial charge in [0.05, 0.1) is 10.6 Å². The summed E-state index contributed by atoms with van der Waals surface area (Å²) >= 11 is 0. The molecule has 1 amide bonds. The highest BCUT2D eigenvalue weighted by molar-refractivity contribution is 7.92. The van der Waals surface area contributed by atoms with E-state index in [4.69, 9.17) is 0 Å². The summed E-state index contributed by atoms with van der Waals surface area (Å²) in [7, 11) is 0.136. The van der Waals surface area contributed by atoms with E-state index in [1.807, 2.05) is 45.0 Å². The van der Waals surface area contributed by atoms with Gasteiger partial charge in [0.25, 0.3) is 15.9 Å². The molecule has 0 aliphatic rings. The fourth-order valence-corrected chi connectivity index (χ4v) is 4.17. The van der Waals surface area contributed by atoms with Crippen molar-refractivity contribution in [2.45, 2.75) is 32.1 Å². The Morgan fingerprint density at radius 1 is 1.00 bits per heavy atom. The molecule has 0 bridgehead atoms. The number of benzene rings is 2. The van der Waals surface area contributed by atoms with Gasteiger partial charge in [0.1, 0.15) is 0 Å². The zero-order valence-electron chi connectivity index (χ0n) is 17.2. The van der Waals surface area contributed by atoms with E-state index in [1.54, 1.807) is 25.1 Å². The highest BCUT2D eigenvalue weighted by Crippen LogP contribution is 2.23. The molecule has 0 aromatic heterocycles. The highest BCUT2D eigenvalue weighted by atomic mass is 32.2. The van der Waals surface area contributed by atoms with Crippen LogP contribution in [0.2, 0.25) is 0 Å². The fourth-order valence-electron chi connectivity index (χ4n) is 2.78. The van der Waals surface area contributed by atoms with Crippen molar-refractivity contribution in [3.05, 3.63) is 58.7 Å². The summed E-state index contributed by atoms with van der Waals surface area (Å²) in [6.07, 6.45) is 0.823. The van der Waals surface area contributed by atoms with Gasteiger partial charge in [-0.1, -0.05) is 18.2 Å². The van der Waals surface area contributed by atoms with Gasteiger partial charge in [0.2, 0.25) is 0 Å². The van der Waals surface area contributed by atoms with Crippen molar-refractivity contribution in [2.24, 2.45) is 0 Å². The van der Waals surface area contributed by atoms with E-state index in [2.05, 4.69) is 10.0 Å². The number of rotatable bonds is 8. The number of aryl methyl sites for hydroxylation is 3. The second kappa shape index (κ2) is 9.21. The second-order valence-corrected chi connectivity index (χ2v) is 8.97. The lowest BCUT2D eigenvalue weighted by Crippen LogP contribution is -2.27. The molecule has 0 aliphatic heterocycles. The van der Waals surface area contributed by atoms with Gasteiger partial charge in [0.15, 0.2) is 0 Å². The van der Waals surface area contributed by atoms with E-state index >= 15 is 0 Å². The maximum atomic E-state index is 12.9. The molecule has 6 nitrogen and oxygen atoms in total. The molecule has 0 saturated heterocycles. The number of hydrogen-bond acceptors (Lipinski definition) is 4. The first-order valence-corrected chi connectivity index (χ1v) is 10.7. The summed E-state index contributed by atoms with van der Waals surface area (Å²) in [5.74, 6) is -0.276. The number of sulfonamides is 1. The summed E-state index contributed by atoms with van der Waals surface area (Å²) in [4.78, 5) is 14.5. The van der Waals surface area contributed by atoms with Crippen molar-refractivity contribution < 1.29 is 13.2 Å². The van der Waals surface area contributed by atoms with Crippen LogP contribution in [0.25, 0.3) is 0 Å². The van der Waals surface area contributed by atoms with Gasteiger partial charge in [-0.05, 0) is 82.7 Å². The molecule has 0 radical (unpaired) electrons. The molecular weight excluding hydrogens is 374 g/mol. The molecule has 0 heterocycles. The zero-order valence-corrected chi connectivity index (χ0v) is 18.0. The molecule has 0 aliphatic carbocycles. The third kappa shape index (κ3) is 5.81. The Labute approximate surface area is 168 Å². The molecule has 2 aromatic carbocycles. The maximum absolute atomic E-state index is 12.9. The predicted octanol–water partition coefficient (Wildman–Crippen LogP) is 3.09. The van der Waals surface area contributed by atoms with Crippen molar-refractivity contribution in [1.82, 2.24) is 10.2 Å². The van der Waals surface area contributed by atoms with Crippen molar-refractivity contribution in [2.75, 3.05) is 31.9 Å². The van der Waals surface area contributed by atoms with E-state index in [1.165, 1.54) is 6.07 Å². The number of nitrogens with one attached hydrogen (secondary N) is 2. The average molecular weight is 404 g/mol. The molecule has 0 saturated carbocycles. The van der Waals surface area contributed by atoms with Crippen LogP contribution in [0.5, 0.6) is 0 Å². The van der Waals surface area contributed by atoms with Crippen LogP contribution in [0.15, 0.2) is 41.3 Å². The first kappa shape index (κ1) is 21.9. The molecule has 0 fully saturated rings. The topological polar surface area (TPSA) is 78.5 Å². The van der Waals surface area contributed by atoms with E-state index in [0.29, 0.717) is 23.4 Å². The molecule has 28 heavy (non-hydrogen) atoms. The average Bonchev–Trinajstić information content (AvgIpc) is 2.61. The van der Waals surface area contributed by atoms with Gasteiger partial charge in [-0.3, -0.25) is 9.52 Å². The van der Waals surface area contributed by atoms with Crippen LogP contribution in [0.4, 0.5) is 5.69 Å². The number of carbonyl (C=O) groups is 1. The minimum absolute atomic E-state index is 0.106. The van der Waals surface area contributed by atoms with Gasteiger partial charge < -0.3 is 10.2 Å². The first-order chi connectivity index (χ1) is 13.1. The summed E-state index contributed by atoms with van der Waals surface area (Å²) in [6, 6.07) is 10.3. The normalized spacial score (nSPS) is 11.5. The predicted molar refractivity (Wildman–Crippen MR) is 113 cm³/mol.